The molecule has 0 aliphatic rings. The minimum atomic E-state index is 0.860. The first-order valence-corrected chi connectivity index (χ1v) is 6.53. The van der Waals surface area contributed by atoms with Crippen molar-refractivity contribution in [3.05, 3.63) is 24.3 Å². The Morgan fingerprint density at radius 1 is 0.700 bits per heavy atom. The molecule has 0 fully saturated rings. The van der Waals surface area contributed by atoms with Crippen LogP contribution in [0.25, 0.3) is 10.8 Å². The van der Waals surface area contributed by atoms with Gasteiger partial charge in [-0.3, -0.25) is 0 Å². The summed E-state index contributed by atoms with van der Waals surface area (Å²) in [5.74, 6) is 1.72. The van der Waals surface area contributed by atoms with Gasteiger partial charge in [-0.25, -0.2) is 0 Å². The topological polar surface area (TPSA) is 24.9 Å². The summed E-state index contributed by atoms with van der Waals surface area (Å²) < 4.78 is 11.0. The zero-order valence-electron chi connectivity index (χ0n) is 13.0. The fraction of sp³-hybridized carbons (Fsp3) is 0.375. The predicted molar refractivity (Wildman–Crippen MR) is 85.7 cm³/mol. The summed E-state index contributed by atoms with van der Waals surface area (Å²) in [4.78, 5) is 4.15. The van der Waals surface area contributed by atoms with Gasteiger partial charge in [-0.1, -0.05) is 12.1 Å². The highest BCUT2D eigenvalue weighted by atomic mass is 16.5. The van der Waals surface area contributed by atoms with E-state index in [1.807, 2.05) is 40.3 Å². The van der Waals surface area contributed by atoms with Gasteiger partial charge >= 0.3 is 0 Å². The van der Waals surface area contributed by atoms with Crippen molar-refractivity contribution in [2.75, 3.05) is 52.2 Å². The van der Waals surface area contributed by atoms with Crippen LogP contribution in [-0.2, 0) is 0 Å². The van der Waals surface area contributed by atoms with E-state index < -0.39 is 0 Å². The summed E-state index contributed by atoms with van der Waals surface area (Å²) in [6.07, 6.45) is 0. The van der Waals surface area contributed by atoms with E-state index in [0.717, 1.165) is 28.3 Å². The Kier molecular flexibility index (Phi) is 3.93. The van der Waals surface area contributed by atoms with E-state index in [-0.39, 0.29) is 0 Å². The zero-order chi connectivity index (χ0) is 14.9. The SMILES string of the molecule is COc1ccc2ccc(OC)c(N(C)C)c2c1N(C)C. The van der Waals surface area contributed by atoms with Crippen LogP contribution in [0.2, 0.25) is 0 Å². The van der Waals surface area contributed by atoms with Crippen LogP contribution in [0.1, 0.15) is 0 Å². The minimum absolute atomic E-state index is 0.860. The molecule has 2 aromatic carbocycles. The van der Waals surface area contributed by atoms with E-state index in [1.54, 1.807) is 14.2 Å². The minimum Gasteiger partial charge on any atom is -0.495 e. The van der Waals surface area contributed by atoms with Gasteiger partial charge in [0.05, 0.1) is 25.6 Å². The largest absolute Gasteiger partial charge is 0.495 e. The fourth-order valence-corrected chi connectivity index (χ4v) is 2.56. The van der Waals surface area contributed by atoms with Crippen LogP contribution in [0.3, 0.4) is 0 Å². The first-order valence-electron chi connectivity index (χ1n) is 6.53. The molecular formula is C16H22N2O2. The quantitative estimate of drug-likeness (QED) is 0.855. The fourth-order valence-electron chi connectivity index (χ4n) is 2.56. The zero-order valence-corrected chi connectivity index (χ0v) is 13.0. The van der Waals surface area contributed by atoms with Crippen molar-refractivity contribution in [3.8, 4) is 11.5 Å². The predicted octanol–water partition coefficient (Wildman–Crippen LogP) is 2.99. The Morgan fingerprint density at radius 3 is 1.40 bits per heavy atom. The van der Waals surface area contributed by atoms with Gasteiger partial charge in [-0.2, -0.15) is 0 Å². The van der Waals surface area contributed by atoms with E-state index in [2.05, 4.69) is 21.9 Å². The maximum absolute atomic E-state index is 5.52. The van der Waals surface area contributed by atoms with Crippen molar-refractivity contribution in [2.24, 2.45) is 0 Å². The van der Waals surface area contributed by atoms with Crippen molar-refractivity contribution in [2.45, 2.75) is 0 Å². The molecule has 4 nitrogen and oxygen atoms in total. The number of fused-ring (bicyclic) bond motifs is 1. The summed E-state index contributed by atoms with van der Waals surface area (Å²) in [6, 6.07) is 8.16. The van der Waals surface area contributed by atoms with Crippen LogP contribution in [0.15, 0.2) is 24.3 Å². The normalized spacial score (nSPS) is 10.5. The Morgan fingerprint density at radius 2 is 1.10 bits per heavy atom. The second kappa shape index (κ2) is 5.49. The van der Waals surface area contributed by atoms with E-state index in [9.17, 15) is 0 Å². The number of rotatable bonds is 4. The summed E-state index contributed by atoms with van der Waals surface area (Å²) in [6.45, 7) is 0. The Bertz CT molecular complexity index is 571. The number of benzene rings is 2. The van der Waals surface area contributed by atoms with Crippen LogP contribution >= 0.6 is 0 Å². The summed E-state index contributed by atoms with van der Waals surface area (Å²) in [7, 11) is 11.5. The van der Waals surface area contributed by atoms with Crippen LogP contribution in [0.4, 0.5) is 11.4 Å². The van der Waals surface area contributed by atoms with Gasteiger partial charge in [0.25, 0.3) is 0 Å². The van der Waals surface area contributed by atoms with Crippen molar-refractivity contribution in [1.29, 1.82) is 0 Å². The molecule has 2 rings (SSSR count). The number of anilines is 2. The lowest BCUT2D eigenvalue weighted by molar-refractivity contribution is 0.414. The molecule has 0 spiro atoms. The molecule has 0 radical (unpaired) electrons. The standard InChI is InChI=1S/C16H22N2O2/c1-17(2)15-12(19-5)9-7-11-8-10-13(20-6)16(14(11)15)18(3)4/h7-10H,1-6H3. The molecule has 0 unspecified atom stereocenters. The van der Waals surface area contributed by atoms with Crippen molar-refractivity contribution in [3.63, 3.8) is 0 Å². The molecule has 108 valence electrons. The van der Waals surface area contributed by atoms with Gasteiger partial charge in [0.15, 0.2) is 0 Å². The molecule has 0 saturated heterocycles. The highest BCUT2D eigenvalue weighted by molar-refractivity contribution is 6.07. The lowest BCUT2D eigenvalue weighted by Crippen LogP contribution is -2.15. The lowest BCUT2D eigenvalue weighted by atomic mass is 10.0. The molecule has 2 aromatic rings. The van der Waals surface area contributed by atoms with Crippen LogP contribution in [0.5, 0.6) is 11.5 Å². The van der Waals surface area contributed by atoms with Crippen molar-refractivity contribution in [1.82, 2.24) is 0 Å². The maximum atomic E-state index is 5.52. The first-order chi connectivity index (χ1) is 9.51. The molecule has 0 heterocycles. The molecule has 0 aliphatic carbocycles. The highest BCUT2D eigenvalue weighted by Gasteiger charge is 2.18. The van der Waals surface area contributed by atoms with Gasteiger partial charge < -0.3 is 19.3 Å². The van der Waals surface area contributed by atoms with Crippen molar-refractivity contribution >= 4 is 22.1 Å². The summed E-state index contributed by atoms with van der Waals surface area (Å²) in [5, 5.41) is 2.30. The summed E-state index contributed by atoms with van der Waals surface area (Å²) in [5.41, 5.74) is 2.13. The molecule has 20 heavy (non-hydrogen) atoms. The number of ether oxygens (including phenoxy) is 2. The Hall–Kier alpha value is -2.10. The van der Waals surface area contributed by atoms with Crippen LogP contribution in [0, 0.1) is 0 Å². The molecule has 0 amide bonds. The smallest absolute Gasteiger partial charge is 0.142 e. The molecule has 0 aromatic heterocycles. The number of hydrogen-bond donors (Lipinski definition) is 0. The second-order valence-electron chi connectivity index (χ2n) is 5.12. The summed E-state index contributed by atoms with van der Waals surface area (Å²) >= 11 is 0. The molecular weight excluding hydrogens is 252 g/mol. The van der Waals surface area contributed by atoms with Gasteiger partial charge in [-0.05, 0) is 17.5 Å². The third-order valence-electron chi connectivity index (χ3n) is 3.39. The Balaban J connectivity index is 2.95. The molecule has 4 heteroatoms. The van der Waals surface area contributed by atoms with Gasteiger partial charge in [-0.15, -0.1) is 0 Å². The van der Waals surface area contributed by atoms with E-state index in [4.69, 9.17) is 9.47 Å². The number of hydrogen-bond acceptors (Lipinski definition) is 4. The maximum Gasteiger partial charge on any atom is 0.142 e. The molecule has 0 saturated carbocycles. The Labute approximate surface area is 120 Å². The monoisotopic (exact) mass is 274 g/mol. The number of nitrogens with zero attached hydrogens (tertiary/aromatic N) is 2. The molecule has 0 aliphatic heterocycles. The van der Waals surface area contributed by atoms with Crippen LogP contribution < -0.4 is 19.3 Å². The third kappa shape index (κ3) is 2.22. The van der Waals surface area contributed by atoms with E-state index >= 15 is 0 Å². The highest BCUT2D eigenvalue weighted by Crippen LogP contribution is 2.44. The average Bonchev–Trinajstić information content (AvgIpc) is 2.43. The van der Waals surface area contributed by atoms with E-state index in [1.165, 1.54) is 5.39 Å². The molecule has 0 bridgehead atoms. The first kappa shape index (κ1) is 14.3. The molecule has 0 atom stereocenters. The van der Waals surface area contributed by atoms with Crippen molar-refractivity contribution < 1.29 is 9.47 Å². The van der Waals surface area contributed by atoms with E-state index in [0.29, 0.717) is 0 Å². The lowest BCUT2D eigenvalue weighted by Gasteiger charge is -2.25. The molecule has 0 N–H and O–H groups in total. The van der Waals surface area contributed by atoms with Gasteiger partial charge in [0, 0.05) is 33.6 Å². The van der Waals surface area contributed by atoms with Gasteiger partial charge in [0.2, 0.25) is 0 Å². The second-order valence-corrected chi connectivity index (χ2v) is 5.12. The third-order valence-corrected chi connectivity index (χ3v) is 3.39. The van der Waals surface area contributed by atoms with Crippen LogP contribution in [-0.4, -0.2) is 42.4 Å². The number of methoxy groups -OCH3 is 2. The van der Waals surface area contributed by atoms with Gasteiger partial charge in [0.1, 0.15) is 11.5 Å². The average molecular weight is 274 g/mol.